The fourth-order valence-electron chi connectivity index (χ4n) is 5.27. The lowest BCUT2D eigenvalue weighted by atomic mass is 10.0. The van der Waals surface area contributed by atoms with Crippen molar-refractivity contribution in [1.82, 2.24) is 20.9 Å². The Bertz CT molecular complexity index is 776. The van der Waals surface area contributed by atoms with E-state index in [1.165, 1.54) is 25.7 Å². The Hall–Kier alpha value is -2.57. The second-order valence-electron chi connectivity index (χ2n) is 9.32. The summed E-state index contributed by atoms with van der Waals surface area (Å²) in [6.45, 7) is 0.988. The predicted octanol–water partition coefficient (Wildman–Crippen LogP) is 2.56. The number of nitrogens with zero attached hydrogens (tertiary/aromatic N) is 1. The number of nitrogens with one attached hydrogen (secondary N) is 3. The molecule has 31 heavy (non-hydrogen) atoms. The van der Waals surface area contributed by atoms with E-state index in [1.807, 2.05) is 30.3 Å². The van der Waals surface area contributed by atoms with Crippen molar-refractivity contribution in [2.24, 2.45) is 11.8 Å². The molecule has 1 aromatic rings. The third kappa shape index (κ3) is 5.77. The summed E-state index contributed by atoms with van der Waals surface area (Å²) < 4.78 is 0. The molecule has 1 aliphatic heterocycles. The van der Waals surface area contributed by atoms with Crippen molar-refractivity contribution >= 4 is 17.8 Å². The van der Waals surface area contributed by atoms with Crippen molar-refractivity contribution in [1.29, 1.82) is 0 Å². The van der Waals surface area contributed by atoms with Crippen molar-refractivity contribution < 1.29 is 14.4 Å². The van der Waals surface area contributed by atoms with Crippen LogP contribution in [0.4, 0.5) is 4.79 Å². The Morgan fingerprint density at radius 2 is 1.77 bits per heavy atom. The molecule has 1 aromatic carbocycles. The van der Waals surface area contributed by atoms with Crippen molar-refractivity contribution in [2.75, 3.05) is 13.1 Å². The summed E-state index contributed by atoms with van der Waals surface area (Å²) in [6, 6.07) is 9.74. The molecular weight excluding hydrogens is 392 g/mol. The molecule has 0 unspecified atom stereocenters. The Kier molecular flexibility index (Phi) is 7.10. The number of hydrogen-bond donors (Lipinski definition) is 3. The van der Waals surface area contributed by atoms with Crippen molar-refractivity contribution in [2.45, 2.75) is 70.0 Å². The number of benzene rings is 1. The first kappa shape index (κ1) is 21.7. The van der Waals surface area contributed by atoms with Gasteiger partial charge in [0.15, 0.2) is 0 Å². The average Bonchev–Trinajstić information content (AvgIpc) is 2.92. The smallest absolute Gasteiger partial charge is 0.318 e. The summed E-state index contributed by atoms with van der Waals surface area (Å²) >= 11 is 0. The van der Waals surface area contributed by atoms with E-state index < -0.39 is 0 Å². The standard InChI is InChI=1S/C24H34N4O3/c29-22-16-28(24(31)25-14-17-8-4-3-5-9-17)15-19-12-18(13-21(19)27-22)23(30)26-20-10-6-1-2-7-11-20/h3-5,8-9,18-21H,1-2,6-7,10-16H2,(H,25,31)(H,26,30)(H,27,29)/t18-,19+,21+/m0/s1. The maximum Gasteiger partial charge on any atom is 0.318 e. The van der Waals surface area contributed by atoms with E-state index >= 15 is 0 Å². The monoisotopic (exact) mass is 426 g/mol. The van der Waals surface area contributed by atoms with Crippen LogP contribution in [0.1, 0.15) is 56.9 Å². The van der Waals surface area contributed by atoms with Gasteiger partial charge in [0.05, 0.1) is 0 Å². The molecule has 4 amide bonds. The van der Waals surface area contributed by atoms with Crippen LogP contribution in [-0.2, 0) is 16.1 Å². The number of amides is 4. The van der Waals surface area contributed by atoms with Gasteiger partial charge in [-0.05, 0) is 37.2 Å². The highest BCUT2D eigenvalue weighted by Crippen LogP contribution is 2.34. The molecule has 3 fully saturated rings. The van der Waals surface area contributed by atoms with Gasteiger partial charge < -0.3 is 20.9 Å². The Morgan fingerprint density at radius 3 is 2.52 bits per heavy atom. The lowest BCUT2D eigenvalue weighted by Gasteiger charge is -2.24. The van der Waals surface area contributed by atoms with E-state index in [1.54, 1.807) is 4.90 Å². The van der Waals surface area contributed by atoms with Gasteiger partial charge in [-0.15, -0.1) is 0 Å². The average molecular weight is 427 g/mol. The first-order valence-corrected chi connectivity index (χ1v) is 11.7. The zero-order valence-electron chi connectivity index (χ0n) is 18.1. The highest BCUT2D eigenvalue weighted by molar-refractivity contribution is 5.85. The topological polar surface area (TPSA) is 90.5 Å². The summed E-state index contributed by atoms with van der Waals surface area (Å²) in [6.07, 6.45) is 8.39. The largest absolute Gasteiger partial charge is 0.353 e. The van der Waals surface area contributed by atoms with Crippen LogP contribution in [0.5, 0.6) is 0 Å². The van der Waals surface area contributed by atoms with Crippen LogP contribution >= 0.6 is 0 Å². The fraction of sp³-hybridized carbons (Fsp3) is 0.625. The minimum absolute atomic E-state index is 0.0377. The number of carbonyl (C=O) groups is 3. The van der Waals surface area contributed by atoms with Crippen LogP contribution in [0.2, 0.25) is 0 Å². The number of rotatable bonds is 4. The van der Waals surface area contributed by atoms with Crippen LogP contribution in [-0.4, -0.2) is 47.9 Å². The molecule has 168 valence electrons. The number of urea groups is 1. The molecule has 2 saturated carbocycles. The summed E-state index contributed by atoms with van der Waals surface area (Å²) in [5, 5.41) is 9.24. The van der Waals surface area contributed by atoms with Crippen LogP contribution in [0.3, 0.4) is 0 Å². The van der Waals surface area contributed by atoms with Crippen LogP contribution in [0, 0.1) is 11.8 Å². The van der Waals surface area contributed by atoms with Gasteiger partial charge in [0.2, 0.25) is 11.8 Å². The Morgan fingerprint density at radius 1 is 1.03 bits per heavy atom. The number of hydrogen-bond acceptors (Lipinski definition) is 3. The molecule has 0 aromatic heterocycles. The summed E-state index contributed by atoms with van der Waals surface area (Å²) in [7, 11) is 0. The molecule has 1 saturated heterocycles. The predicted molar refractivity (Wildman–Crippen MR) is 118 cm³/mol. The van der Waals surface area contributed by atoms with E-state index in [-0.39, 0.29) is 48.3 Å². The minimum Gasteiger partial charge on any atom is -0.353 e. The lowest BCUT2D eigenvalue weighted by Crippen LogP contribution is -2.44. The molecule has 7 heteroatoms. The molecule has 3 aliphatic rings. The van der Waals surface area contributed by atoms with Gasteiger partial charge in [0, 0.05) is 31.1 Å². The van der Waals surface area contributed by atoms with Crippen molar-refractivity contribution in [3.63, 3.8) is 0 Å². The molecule has 3 atom stereocenters. The maximum absolute atomic E-state index is 12.9. The molecular formula is C24H34N4O3. The SMILES string of the molecule is O=C1CN(C(=O)NCc2ccccc2)C[C@H]2C[C@H](C(=O)NC3CCCCCC3)C[C@H]2N1. The van der Waals surface area contributed by atoms with E-state index in [4.69, 9.17) is 0 Å². The van der Waals surface area contributed by atoms with Gasteiger partial charge in [-0.25, -0.2) is 4.79 Å². The van der Waals surface area contributed by atoms with Gasteiger partial charge in [0.25, 0.3) is 0 Å². The molecule has 3 N–H and O–H groups in total. The third-order valence-electron chi connectivity index (χ3n) is 6.98. The fourth-order valence-corrected chi connectivity index (χ4v) is 5.27. The van der Waals surface area contributed by atoms with Gasteiger partial charge in [-0.1, -0.05) is 56.0 Å². The first-order chi connectivity index (χ1) is 15.1. The zero-order chi connectivity index (χ0) is 21.6. The quantitative estimate of drug-likeness (QED) is 0.647. The summed E-state index contributed by atoms with van der Waals surface area (Å²) in [4.78, 5) is 39.6. The maximum atomic E-state index is 12.9. The first-order valence-electron chi connectivity index (χ1n) is 11.7. The molecule has 1 heterocycles. The molecule has 2 aliphatic carbocycles. The summed E-state index contributed by atoms with van der Waals surface area (Å²) in [5.41, 5.74) is 1.02. The van der Waals surface area contributed by atoms with E-state index in [0.717, 1.165) is 18.4 Å². The molecule has 0 spiro atoms. The Labute approximate surface area is 184 Å². The summed E-state index contributed by atoms with van der Waals surface area (Å²) in [5.74, 6) is -0.00817. The van der Waals surface area contributed by atoms with Gasteiger partial charge in [-0.2, -0.15) is 0 Å². The highest BCUT2D eigenvalue weighted by Gasteiger charge is 2.42. The molecule has 0 bridgehead atoms. The minimum atomic E-state index is -0.231. The van der Waals surface area contributed by atoms with Crippen LogP contribution in [0.25, 0.3) is 0 Å². The van der Waals surface area contributed by atoms with Crippen molar-refractivity contribution in [3.8, 4) is 0 Å². The number of fused-ring (bicyclic) bond motifs is 1. The van der Waals surface area contributed by atoms with Crippen molar-refractivity contribution in [3.05, 3.63) is 35.9 Å². The second-order valence-corrected chi connectivity index (χ2v) is 9.32. The van der Waals surface area contributed by atoms with E-state index in [2.05, 4.69) is 16.0 Å². The Balaban J connectivity index is 1.32. The zero-order valence-corrected chi connectivity index (χ0v) is 18.1. The van der Waals surface area contributed by atoms with Crippen LogP contribution < -0.4 is 16.0 Å². The molecule has 4 rings (SSSR count). The van der Waals surface area contributed by atoms with Gasteiger partial charge in [-0.3, -0.25) is 9.59 Å². The molecule has 7 nitrogen and oxygen atoms in total. The van der Waals surface area contributed by atoms with Gasteiger partial charge >= 0.3 is 6.03 Å². The number of carbonyl (C=O) groups excluding carboxylic acids is 3. The van der Waals surface area contributed by atoms with Gasteiger partial charge in [0.1, 0.15) is 6.54 Å². The third-order valence-corrected chi connectivity index (χ3v) is 6.98. The normalized spacial score (nSPS) is 26.9. The van der Waals surface area contributed by atoms with E-state index in [0.29, 0.717) is 25.9 Å². The van der Waals surface area contributed by atoms with E-state index in [9.17, 15) is 14.4 Å². The van der Waals surface area contributed by atoms with Crippen LogP contribution in [0.15, 0.2) is 30.3 Å². The highest BCUT2D eigenvalue weighted by atomic mass is 16.2. The lowest BCUT2D eigenvalue weighted by molar-refractivity contribution is -0.126. The molecule has 0 radical (unpaired) electrons. The second kappa shape index (κ2) is 10.2.